The van der Waals surface area contributed by atoms with Gasteiger partial charge in [0.15, 0.2) is 0 Å². The molecule has 0 aromatic rings. The molecule has 1 heteroatoms. The third kappa shape index (κ3) is 6.34. The van der Waals surface area contributed by atoms with Crippen molar-refractivity contribution in [2.75, 3.05) is 0 Å². The number of allylic oxidation sites excluding steroid dienone is 2. The van der Waals surface area contributed by atoms with Gasteiger partial charge in [-0.25, -0.2) is 0 Å². The molecule has 0 N–H and O–H groups in total. The van der Waals surface area contributed by atoms with Gasteiger partial charge in [0.05, 0.1) is 0 Å². The zero-order valence-corrected chi connectivity index (χ0v) is 5.28. The Morgan fingerprint density at radius 2 is 2.14 bits per heavy atom. The summed E-state index contributed by atoms with van der Waals surface area (Å²) < 4.78 is 0. The molecule has 0 saturated heterocycles. The van der Waals surface area contributed by atoms with Crippen LogP contribution in [-0.2, 0) is 0 Å². The molecule has 7 heavy (non-hydrogen) atoms. The monoisotopic (exact) mass is 90.1 g/mol. The summed E-state index contributed by atoms with van der Waals surface area (Å²) in [6.45, 7) is 2.16. The zero-order valence-electron chi connectivity index (χ0n) is 5.28. The van der Waals surface area contributed by atoms with Crippen LogP contribution >= 0.6 is 0 Å². The minimum atomic E-state index is 1.18. The molecule has 0 rings (SSSR count). The van der Waals surface area contributed by atoms with E-state index in [0.29, 0.717) is 0 Å². The van der Waals surface area contributed by atoms with Crippen LogP contribution in [0.4, 0.5) is 0 Å². The van der Waals surface area contributed by atoms with E-state index in [-0.39, 0.29) is 0 Å². The van der Waals surface area contributed by atoms with Crippen molar-refractivity contribution in [3.05, 3.63) is 12.2 Å². The summed E-state index contributed by atoms with van der Waals surface area (Å²) in [7, 11) is 0. The van der Waals surface area contributed by atoms with Crippen LogP contribution in [0.2, 0.25) is 5.09 Å². The molecule has 0 aliphatic carbocycles. The van der Waals surface area contributed by atoms with Crippen LogP contribution < -0.4 is 0 Å². The third-order valence-corrected chi connectivity index (χ3v) is 0.858. The summed E-state index contributed by atoms with van der Waals surface area (Å²) in [5.41, 5.74) is 0. The average molecular weight is 90.1 g/mol. The Labute approximate surface area is 55.2 Å². The molecule has 0 aliphatic heterocycles. The summed E-state index contributed by atoms with van der Waals surface area (Å²) >= 11 is 2.19. The number of hydrogen-bond donors (Lipinski definition) is 0. The fraction of sp³-hybridized carbons (Fsp3) is 0.667. The van der Waals surface area contributed by atoms with Gasteiger partial charge in [-0.2, -0.15) is 0 Å². The Kier molecular flexibility index (Phi) is 6.64. The average Bonchev–Trinajstić information content (AvgIpc) is 1.69. The van der Waals surface area contributed by atoms with E-state index in [0.717, 1.165) is 0 Å². The van der Waals surface area contributed by atoms with Crippen molar-refractivity contribution < 1.29 is 0 Å². The molecule has 0 amide bonds. The Bertz CT molecular complexity index is 48.1. The molecule has 0 fully saturated rings. The summed E-state index contributed by atoms with van der Waals surface area (Å²) in [6.07, 6.45) is 6.87. The van der Waals surface area contributed by atoms with Crippen LogP contribution in [0.5, 0.6) is 0 Å². The Morgan fingerprint density at radius 1 is 1.43 bits per heavy atom. The SMILES string of the molecule is [Li][CH2]C/C=C\CC. The van der Waals surface area contributed by atoms with Gasteiger partial charge in [-0.1, -0.05) is 0 Å². The van der Waals surface area contributed by atoms with Crippen molar-refractivity contribution in [2.24, 2.45) is 0 Å². The Balaban J connectivity index is 2.78. The molecule has 0 aliphatic rings. The molecular formula is C6H11Li. The second kappa shape index (κ2) is 6.34. The second-order valence-electron chi connectivity index (χ2n) is 1.67. The predicted molar refractivity (Wildman–Crippen MR) is 34.6 cm³/mol. The number of hydrogen-bond acceptors (Lipinski definition) is 0. The van der Waals surface area contributed by atoms with Gasteiger partial charge in [-0.3, -0.25) is 0 Å². The molecule has 0 aromatic heterocycles. The van der Waals surface area contributed by atoms with E-state index in [9.17, 15) is 0 Å². The van der Waals surface area contributed by atoms with Gasteiger partial charge in [0.2, 0.25) is 0 Å². The van der Waals surface area contributed by atoms with Crippen molar-refractivity contribution in [1.82, 2.24) is 0 Å². The molecule has 0 nitrogen and oxygen atoms in total. The third-order valence-electron chi connectivity index (χ3n) is 0.858. The van der Waals surface area contributed by atoms with E-state index >= 15 is 0 Å². The molecule has 0 bridgehead atoms. The first-order chi connectivity index (χ1) is 3.41. The van der Waals surface area contributed by atoms with Gasteiger partial charge in [-0.15, -0.1) is 0 Å². The zero-order chi connectivity index (χ0) is 5.54. The molecule has 0 unspecified atom stereocenters. The van der Waals surface area contributed by atoms with Crippen molar-refractivity contribution in [3.63, 3.8) is 0 Å². The van der Waals surface area contributed by atoms with Crippen LogP contribution in [-0.4, -0.2) is 17.7 Å². The van der Waals surface area contributed by atoms with Gasteiger partial charge >= 0.3 is 54.7 Å². The first-order valence-corrected chi connectivity index (χ1v) is 3.06. The van der Waals surface area contributed by atoms with Gasteiger partial charge in [-0.05, 0) is 0 Å². The molecule has 0 atom stereocenters. The maximum atomic E-state index is 2.24. The Hall–Kier alpha value is 0.337. The van der Waals surface area contributed by atoms with Crippen molar-refractivity contribution in [3.8, 4) is 0 Å². The summed E-state index contributed by atoms with van der Waals surface area (Å²) in [5.74, 6) is 0. The molecule has 0 heterocycles. The van der Waals surface area contributed by atoms with Gasteiger partial charge in [0, 0.05) is 0 Å². The van der Waals surface area contributed by atoms with E-state index in [1.54, 1.807) is 0 Å². The van der Waals surface area contributed by atoms with E-state index in [1.807, 2.05) is 0 Å². The van der Waals surface area contributed by atoms with Crippen LogP contribution in [0.3, 0.4) is 0 Å². The first-order valence-electron chi connectivity index (χ1n) is 3.06. The fourth-order valence-electron chi connectivity index (χ4n) is 0.451. The van der Waals surface area contributed by atoms with Crippen molar-refractivity contribution in [2.45, 2.75) is 24.9 Å². The summed E-state index contributed by atoms with van der Waals surface area (Å²) in [6, 6.07) is 0. The van der Waals surface area contributed by atoms with Crippen LogP contribution in [0, 0.1) is 0 Å². The van der Waals surface area contributed by atoms with Crippen molar-refractivity contribution >= 4 is 17.7 Å². The fourth-order valence-corrected chi connectivity index (χ4v) is 0.451. The molecular weight excluding hydrogens is 79.0 g/mol. The van der Waals surface area contributed by atoms with Gasteiger partial charge in [0.1, 0.15) is 0 Å². The normalized spacial score (nSPS) is 10.7. The van der Waals surface area contributed by atoms with Crippen LogP contribution in [0.1, 0.15) is 19.8 Å². The topological polar surface area (TPSA) is 0 Å². The molecule has 36 valence electrons. The molecule has 0 spiro atoms. The minimum absolute atomic E-state index is 1.18. The van der Waals surface area contributed by atoms with Gasteiger partial charge in [0.25, 0.3) is 0 Å². The molecule has 0 radical (unpaired) electrons. The molecule has 0 saturated carbocycles. The number of rotatable bonds is 3. The van der Waals surface area contributed by atoms with Crippen LogP contribution in [0.15, 0.2) is 12.2 Å². The summed E-state index contributed by atoms with van der Waals surface area (Å²) in [5, 5.41) is 1.27. The maximum absolute atomic E-state index is 2.24. The van der Waals surface area contributed by atoms with Crippen LogP contribution in [0.25, 0.3) is 0 Å². The van der Waals surface area contributed by atoms with E-state index in [4.69, 9.17) is 0 Å². The molecule has 0 aromatic carbocycles. The predicted octanol–water partition coefficient (Wildman–Crippen LogP) is 1.93. The standard InChI is InChI=1S/C6H11.Li/c1-3-5-6-4-2;/h5-6H,1,3-4H2,2H3;/b6-5-;. The summed E-state index contributed by atoms with van der Waals surface area (Å²) in [4.78, 5) is 0. The quantitative estimate of drug-likeness (QED) is 0.367. The second-order valence-corrected chi connectivity index (χ2v) is 1.67. The van der Waals surface area contributed by atoms with Crippen molar-refractivity contribution in [1.29, 1.82) is 0 Å². The van der Waals surface area contributed by atoms with E-state index < -0.39 is 0 Å². The Morgan fingerprint density at radius 3 is 2.57 bits per heavy atom. The van der Waals surface area contributed by atoms with Gasteiger partial charge < -0.3 is 0 Å². The van der Waals surface area contributed by atoms with E-state index in [2.05, 4.69) is 36.8 Å². The van der Waals surface area contributed by atoms with E-state index in [1.165, 1.54) is 17.9 Å². The first kappa shape index (κ1) is 7.34.